The number of carboxylic acid groups (broad SMARTS) is 1. The van der Waals surface area contributed by atoms with Crippen molar-refractivity contribution in [1.82, 2.24) is 4.90 Å². The summed E-state index contributed by atoms with van der Waals surface area (Å²) >= 11 is 0. The first-order chi connectivity index (χ1) is 8.42. The molecule has 2 atom stereocenters. The van der Waals surface area contributed by atoms with Crippen LogP contribution in [-0.2, 0) is 9.59 Å². The van der Waals surface area contributed by atoms with Crippen LogP contribution in [0.15, 0.2) is 0 Å². The summed E-state index contributed by atoms with van der Waals surface area (Å²) in [6, 6.07) is 0. The Morgan fingerprint density at radius 1 is 1.22 bits per heavy atom. The van der Waals surface area contributed by atoms with Crippen LogP contribution in [0.25, 0.3) is 0 Å². The molecule has 2 aliphatic rings. The van der Waals surface area contributed by atoms with Crippen molar-refractivity contribution < 1.29 is 14.7 Å². The number of hydrogen-bond acceptors (Lipinski definition) is 2. The van der Waals surface area contributed by atoms with Gasteiger partial charge in [0.1, 0.15) is 0 Å². The van der Waals surface area contributed by atoms with Crippen LogP contribution in [-0.4, -0.2) is 35.0 Å². The minimum Gasteiger partial charge on any atom is -0.481 e. The molecule has 1 heterocycles. The van der Waals surface area contributed by atoms with Gasteiger partial charge in [0.05, 0.1) is 5.92 Å². The molecule has 2 rings (SSSR count). The Bertz CT molecular complexity index is 347. The summed E-state index contributed by atoms with van der Waals surface area (Å²) in [6.45, 7) is 5.19. The van der Waals surface area contributed by atoms with Gasteiger partial charge in [0.2, 0.25) is 5.91 Å². The number of piperidine rings is 1. The van der Waals surface area contributed by atoms with Gasteiger partial charge in [-0.2, -0.15) is 0 Å². The van der Waals surface area contributed by atoms with Crippen molar-refractivity contribution >= 4 is 11.9 Å². The molecular formula is C14H23NO3. The van der Waals surface area contributed by atoms with Gasteiger partial charge in [0.15, 0.2) is 0 Å². The van der Waals surface area contributed by atoms with Crippen molar-refractivity contribution in [3.63, 3.8) is 0 Å². The van der Waals surface area contributed by atoms with Crippen LogP contribution in [0.4, 0.5) is 0 Å². The largest absolute Gasteiger partial charge is 0.481 e. The van der Waals surface area contributed by atoms with Crippen LogP contribution in [0.1, 0.15) is 46.0 Å². The van der Waals surface area contributed by atoms with E-state index in [0.717, 1.165) is 32.2 Å². The molecule has 4 heteroatoms. The first kappa shape index (κ1) is 13.4. The number of rotatable bonds is 2. The van der Waals surface area contributed by atoms with Crippen molar-refractivity contribution in [2.75, 3.05) is 13.1 Å². The van der Waals surface area contributed by atoms with E-state index in [1.165, 1.54) is 0 Å². The lowest BCUT2D eigenvalue weighted by molar-refractivity contribution is -0.150. The normalized spacial score (nSPS) is 31.3. The van der Waals surface area contributed by atoms with Crippen molar-refractivity contribution in [3.05, 3.63) is 0 Å². The average Bonchev–Trinajstić information content (AvgIpc) is 2.75. The lowest BCUT2D eigenvalue weighted by Gasteiger charge is -2.39. The predicted octanol–water partition coefficient (Wildman–Crippen LogP) is 2.14. The highest BCUT2D eigenvalue weighted by Gasteiger charge is 2.42. The van der Waals surface area contributed by atoms with Crippen LogP contribution in [0.5, 0.6) is 0 Å². The molecule has 0 aromatic rings. The number of aliphatic carboxylic acids is 1. The van der Waals surface area contributed by atoms with Crippen molar-refractivity contribution in [3.8, 4) is 0 Å². The fraction of sp³-hybridized carbons (Fsp3) is 0.857. The third kappa shape index (κ3) is 2.52. The molecular weight excluding hydrogens is 230 g/mol. The van der Waals surface area contributed by atoms with Gasteiger partial charge in [-0.1, -0.05) is 26.7 Å². The number of hydrogen-bond donors (Lipinski definition) is 1. The smallest absolute Gasteiger partial charge is 0.308 e. The summed E-state index contributed by atoms with van der Waals surface area (Å²) in [6.07, 6.45) is 4.83. The second-order valence-corrected chi connectivity index (χ2v) is 6.35. The summed E-state index contributed by atoms with van der Waals surface area (Å²) in [5.74, 6) is -0.690. The van der Waals surface area contributed by atoms with Gasteiger partial charge in [0, 0.05) is 18.5 Å². The highest BCUT2D eigenvalue weighted by molar-refractivity contribution is 5.83. The number of likely N-dealkylation sites (tertiary alicyclic amines) is 1. The lowest BCUT2D eigenvalue weighted by atomic mass is 9.84. The topological polar surface area (TPSA) is 57.6 Å². The third-order valence-corrected chi connectivity index (χ3v) is 4.52. The average molecular weight is 253 g/mol. The molecule has 0 aromatic carbocycles. The highest BCUT2D eigenvalue weighted by Crippen LogP contribution is 2.40. The van der Waals surface area contributed by atoms with Gasteiger partial charge in [0.25, 0.3) is 0 Å². The van der Waals surface area contributed by atoms with E-state index in [2.05, 4.69) is 0 Å². The van der Waals surface area contributed by atoms with E-state index < -0.39 is 5.97 Å². The molecule has 0 aromatic heterocycles. The Morgan fingerprint density at radius 3 is 2.39 bits per heavy atom. The number of nitrogens with zero attached hydrogens (tertiary/aromatic N) is 1. The number of amides is 1. The van der Waals surface area contributed by atoms with E-state index in [1.807, 2.05) is 13.8 Å². The second kappa shape index (κ2) is 4.90. The minimum atomic E-state index is -0.768. The molecule has 2 fully saturated rings. The zero-order chi connectivity index (χ0) is 13.3. The number of carboxylic acids is 1. The summed E-state index contributed by atoms with van der Waals surface area (Å²) in [7, 11) is 0. The van der Waals surface area contributed by atoms with Crippen LogP contribution in [0.3, 0.4) is 0 Å². The maximum Gasteiger partial charge on any atom is 0.308 e. The molecule has 1 aliphatic heterocycles. The summed E-state index contributed by atoms with van der Waals surface area (Å²) < 4.78 is 0. The summed E-state index contributed by atoms with van der Waals surface area (Å²) in [5, 5.41) is 9.15. The van der Waals surface area contributed by atoms with Crippen LogP contribution in [0, 0.1) is 17.3 Å². The van der Waals surface area contributed by atoms with Gasteiger partial charge in [-0.15, -0.1) is 0 Å². The molecule has 1 N–H and O–H groups in total. The molecule has 0 bridgehead atoms. The predicted molar refractivity (Wildman–Crippen MR) is 68.1 cm³/mol. The molecule has 1 saturated carbocycles. The SMILES string of the molecule is CC1CC(C(=O)O)CN(C(=O)C2(C)CCCC2)C1. The van der Waals surface area contributed by atoms with Gasteiger partial charge in [-0.05, 0) is 25.2 Å². The van der Waals surface area contributed by atoms with E-state index in [0.29, 0.717) is 13.0 Å². The Balaban J connectivity index is 2.07. The summed E-state index contributed by atoms with van der Waals surface area (Å²) in [5.41, 5.74) is -0.236. The van der Waals surface area contributed by atoms with Gasteiger partial charge in [-0.3, -0.25) is 9.59 Å². The maximum atomic E-state index is 12.6. The Labute approximate surface area is 108 Å². The minimum absolute atomic E-state index is 0.179. The van der Waals surface area contributed by atoms with Crippen LogP contribution >= 0.6 is 0 Å². The monoisotopic (exact) mass is 253 g/mol. The van der Waals surface area contributed by atoms with E-state index in [-0.39, 0.29) is 23.2 Å². The molecule has 1 saturated heterocycles. The molecule has 1 aliphatic carbocycles. The standard InChI is InChI=1S/C14H23NO3/c1-10-7-11(12(16)17)9-15(8-10)13(18)14(2)5-3-4-6-14/h10-11H,3-9H2,1-2H3,(H,16,17). The molecule has 2 unspecified atom stereocenters. The molecule has 4 nitrogen and oxygen atoms in total. The first-order valence-electron chi connectivity index (χ1n) is 6.94. The van der Waals surface area contributed by atoms with Crippen molar-refractivity contribution in [2.24, 2.45) is 17.3 Å². The highest BCUT2D eigenvalue weighted by atomic mass is 16.4. The van der Waals surface area contributed by atoms with Crippen molar-refractivity contribution in [2.45, 2.75) is 46.0 Å². The third-order valence-electron chi connectivity index (χ3n) is 4.52. The molecule has 1 amide bonds. The molecule has 0 radical (unpaired) electrons. The van der Waals surface area contributed by atoms with Gasteiger partial charge in [-0.25, -0.2) is 0 Å². The maximum absolute atomic E-state index is 12.6. The number of carbonyl (C=O) groups is 2. The first-order valence-corrected chi connectivity index (χ1v) is 6.94. The lowest BCUT2D eigenvalue weighted by Crippen LogP contribution is -2.50. The van der Waals surface area contributed by atoms with Crippen LogP contribution in [0.2, 0.25) is 0 Å². The number of carbonyl (C=O) groups excluding carboxylic acids is 1. The van der Waals surface area contributed by atoms with E-state index in [9.17, 15) is 9.59 Å². The van der Waals surface area contributed by atoms with E-state index in [1.54, 1.807) is 4.90 Å². The van der Waals surface area contributed by atoms with Crippen molar-refractivity contribution in [1.29, 1.82) is 0 Å². The molecule has 18 heavy (non-hydrogen) atoms. The van der Waals surface area contributed by atoms with Crippen LogP contribution < -0.4 is 0 Å². The van der Waals surface area contributed by atoms with E-state index in [4.69, 9.17) is 5.11 Å². The zero-order valence-corrected chi connectivity index (χ0v) is 11.3. The quantitative estimate of drug-likeness (QED) is 0.820. The fourth-order valence-electron chi connectivity index (χ4n) is 3.45. The Hall–Kier alpha value is -1.06. The molecule has 0 spiro atoms. The molecule has 102 valence electrons. The zero-order valence-electron chi connectivity index (χ0n) is 11.3. The Kier molecular flexibility index (Phi) is 3.64. The van der Waals surface area contributed by atoms with Gasteiger partial charge >= 0.3 is 5.97 Å². The fourth-order valence-corrected chi connectivity index (χ4v) is 3.45. The van der Waals surface area contributed by atoms with E-state index >= 15 is 0 Å². The Morgan fingerprint density at radius 2 is 1.83 bits per heavy atom. The second-order valence-electron chi connectivity index (χ2n) is 6.35. The van der Waals surface area contributed by atoms with Gasteiger partial charge < -0.3 is 10.0 Å². The summed E-state index contributed by atoms with van der Waals surface area (Å²) in [4.78, 5) is 25.5.